The third-order valence-electron chi connectivity index (χ3n) is 13.1. The standard InChI is InChI=1S/C44H56N8O6/c1-57-43(55)47-33-19-15-31(16-20-33)41(53)51-23-3-5-37(51)39-45-25-35(49-39)29-11-7-27(8-12-29)28-9-13-30(14-10-28)36-26-46-40(50-36)38-6-4-24-52(38)42(54)32-17-21-34(22-18-32)48-44(56)58-2/h7-13,25-26,30-34,37-38H,3-6,14-24H2,1-2H3,(H,45,49)(H,46,50)(H,47,55)(H,48,56)/t30?,31?,32?,33?,34?,37-,38-/m0/s1. The van der Waals surface area contributed by atoms with E-state index >= 15 is 0 Å². The minimum absolute atomic E-state index is 0.0246. The number of likely N-dealkylation sites (tertiary alicyclic amines) is 2. The Morgan fingerprint density at radius 3 is 1.71 bits per heavy atom. The molecule has 4 N–H and O–H groups in total. The number of carbonyl (C=O) groups excluding carboxylic acids is 4. The topological polar surface area (TPSA) is 175 Å². The number of amides is 4. The summed E-state index contributed by atoms with van der Waals surface area (Å²) >= 11 is 0. The second-order valence-electron chi connectivity index (χ2n) is 16.6. The number of hydrogen-bond donors (Lipinski definition) is 4. The highest BCUT2D eigenvalue weighted by atomic mass is 16.5. The molecule has 4 heterocycles. The minimum Gasteiger partial charge on any atom is -0.453 e. The fraction of sp³-hybridized carbons (Fsp3) is 0.545. The largest absolute Gasteiger partial charge is 0.453 e. The molecule has 1 unspecified atom stereocenters. The molecule has 8 rings (SSSR count). The number of nitrogens with zero attached hydrogens (tertiary/aromatic N) is 4. The van der Waals surface area contributed by atoms with Crippen LogP contribution in [0.4, 0.5) is 9.59 Å². The SMILES string of the molecule is COC(=O)NC1CCC(C(=O)N2CCC[C@H]2c2ncc(-c3ccc(C4=CCC(c5cnc([C@@H]6CCCN6C(=O)C6CCC(NC(=O)OC)CC6)[nH]5)C=C4)cc3)[nH]2)CC1. The molecule has 14 nitrogen and oxygen atoms in total. The monoisotopic (exact) mass is 792 g/mol. The van der Waals surface area contributed by atoms with Gasteiger partial charge in [0.15, 0.2) is 0 Å². The molecule has 3 aromatic rings. The van der Waals surface area contributed by atoms with Gasteiger partial charge in [0.1, 0.15) is 11.6 Å². The van der Waals surface area contributed by atoms with Crippen LogP contribution in [-0.2, 0) is 19.1 Å². The van der Waals surface area contributed by atoms with Crippen LogP contribution < -0.4 is 10.6 Å². The molecule has 0 bridgehead atoms. The summed E-state index contributed by atoms with van der Waals surface area (Å²) in [6.07, 6.45) is 20.4. The molecular weight excluding hydrogens is 737 g/mol. The summed E-state index contributed by atoms with van der Waals surface area (Å²) in [7, 11) is 2.74. The maximum Gasteiger partial charge on any atom is 0.407 e. The maximum atomic E-state index is 13.6. The van der Waals surface area contributed by atoms with E-state index in [9.17, 15) is 19.2 Å². The van der Waals surface area contributed by atoms with Crippen LogP contribution in [0.2, 0.25) is 0 Å². The van der Waals surface area contributed by atoms with E-state index in [1.165, 1.54) is 19.8 Å². The van der Waals surface area contributed by atoms with Gasteiger partial charge in [0.25, 0.3) is 0 Å². The molecule has 2 saturated heterocycles. The molecule has 14 heteroatoms. The predicted molar refractivity (Wildman–Crippen MR) is 217 cm³/mol. The molecule has 58 heavy (non-hydrogen) atoms. The van der Waals surface area contributed by atoms with Crippen molar-refractivity contribution in [2.75, 3.05) is 27.3 Å². The number of imidazole rings is 2. The van der Waals surface area contributed by atoms with Crippen molar-refractivity contribution in [3.8, 4) is 11.3 Å². The lowest BCUT2D eigenvalue weighted by Gasteiger charge is -2.32. The number of benzene rings is 1. The average Bonchev–Trinajstić information content (AvgIpc) is 4.11. The van der Waals surface area contributed by atoms with E-state index in [4.69, 9.17) is 19.4 Å². The lowest BCUT2D eigenvalue weighted by molar-refractivity contribution is -0.138. The van der Waals surface area contributed by atoms with Crippen LogP contribution in [0.15, 0.2) is 54.9 Å². The van der Waals surface area contributed by atoms with Crippen molar-refractivity contribution in [2.45, 2.75) is 114 Å². The zero-order valence-electron chi connectivity index (χ0n) is 33.6. The highest BCUT2D eigenvalue weighted by Gasteiger charge is 2.39. The number of carbonyl (C=O) groups is 4. The zero-order valence-corrected chi connectivity index (χ0v) is 33.6. The molecule has 5 aliphatic rings. The van der Waals surface area contributed by atoms with E-state index in [1.807, 2.05) is 22.2 Å². The van der Waals surface area contributed by atoms with Crippen LogP contribution in [0.3, 0.4) is 0 Å². The molecule has 3 aliphatic carbocycles. The molecule has 4 fully saturated rings. The fourth-order valence-corrected chi connectivity index (χ4v) is 9.79. The Morgan fingerprint density at radius 1 is 0.672 bits per heavy atom. The molecule has 1 aromatic carbocycles. The number of ether oxygens (including phenoxy) is 2. The first kappa shape index (κ1) is 39.4. The smallest absolute Gasteiger partial charge is 0.407 e. The van der Waals surface area contributed by atoms with Gasteiger partial charge in [0.05, 0.1) is 38.2 Å². The highest BCUT2D eigenvalue weighted by Crippen LogP contribution is 2.38. The van der Waals surface area contributed by atoms with E-state index in [0.29, 0.717) is 0 Å². The second kappa shape index (κ2) is 17.6. The molecular formula is C44H56N8O6. The first-order valence-electron chi connectivity index (χ1n) is 21.2. The van der Waals surface area contributed by atoms with Crippen molar-refractivity contribution in [1.29, 1.82) is 0 Å². The molecule has 0 radical (unpaired) electrons. The number of rotatable bonds is 9. The van der Waals surface area contributed by atoms with Crippen LogP contribution >= 0.6 is 0 Å². The Kier molecular flexibility index (Phi) is 12.0. The van der Waals surface area contributed by atoms with Crippen LogP contribution in [0, 0.1) is 11.8 Å². The Bertz CT molecular complexity index is 2000. The van der Waals surface area contributed by atoms with Gasteiger partial charge in [-0.2, -0.15) is 0 Å². The van der Waals surface area contributed by atoms with E-state index in [1.54, 1.807) is 0 Å². The Balaban J connectivity index is 0.836. The number of hydrogen-bond acceptors (Lipinski definition) is 8. The molecule has 2 saturated carbocycles. The minimum atomic E-state index is -0.415. The molecule has 308 valence electrons. The maximum absolute atomic E-state index is 13.6. The van der Waals surface area contributed by atoms with Crippen molar-refractivity contribution in [1.82, 2.24) is 40.4 Å². The summed E-state index contributed by atoms with van der Waals surface area (Å²) in [5.74, 6) is 2.22. The Labute approximate surface area is 339 Å². The van der Waals surface area contributed by atoms with Gasteiger partial charge >= 0.3 is 12.2 Å². The Morgan fingerprint density at radius 2 is 1.19 bits per heavy atom. The third kappa shape index (κ3) is 8.56. The highest BCUT2D eigenvalue weighted by molar-refractivity contribution is 5.81. The number of allylic oxidation sites excluding steroid dienone is 4. The Hall–Kier alpha value is -5.40. The first-order chi connectivity index (χ1) is 28.3. The van der Waals surface area contributed by atoms with Crippen LogP contribution in [-0.4, -0.2) is 93.1 Å². The number of H-pyrrole nitrogens is 2. The molecule has 0 spiro atoms. The van der Waals surface area contributed by atoms with E-state index in [0.717, 1.165) is 131 Å². The number of nitrogens with one attached hydrogen (secondary N) is 4. The molecule has 3 atom stereocenters. The summed E-state index contributed by atoms with van der Waals surface area (Å²) in [4.78, 5) is 71.2. The quantitative estimate of drug-likeness (QED) is 0.178. The molecule has 4 amide bonds. The van der Waals surface area contributed by atoms with Crippen LogP contribution in [0.5, 0.6) is 0 Å². The van der Waals surface area contributed by atoms with Crippen LogP contribution in [0.25, 0.3) is 16.8 Å². The van der Waals surface area contributed by atoms with E-state index in [-0.39, 0.29) is 53.7 Å². The number of aromatic amines is 2. The van der Waals surface area contributed by atoms with E-state index < -0.39 is 12.2 Å². The second-order valence-corrected chi connectivity index (χ2v) is 16.6. The summed E-state index contributed by atoms with van der Waals surface area (Å²) in [6, 6.07) is 8.54. The third-order valence-corrected chi connectivity index (χ3v) is 13.1. The van der Waals surface area contributed by atoms with Gasteiger partial charge < -0.3 is 39.9 Å². The van der Waals surface area contributed by atoms with E-state index in [2.05, 4.69) is 63.1 Å². The first-order valence-corrected chi connectivity index (χ1v) is 21.2. The van der Waals surface area contributed by atoms with Gasteiger partial charge in [-0.1, -0.05) is 42.5 Å². The van der Waals surface area contributed by atoms with Crippen molar-refractivity contribution in [2.24, 2.45) is 11.8 Å². The van der Waals surface area contributed by atoms with Gasteiger partial charge in [0, 0.05) is 54.8 Å². The summed E-state index contributed by atoms with van der Waals surface area (Å²) in [5, 5.41) is 5.76. The number of alkyl carbamates (subject to hydrolysis) is 2. The van der Waals surface area contributed by atoms with Crippen molar-refractivity contribution in [3.63, 3.8) is 0 Å². The summed E-state index contributed by atoms with van der Waals surface area (Å²) in [6.45, 7) is 1.49. The van der Waals surface area contributed by atoms with Crippen molar-refractivity contribution >= 4 is 29.6 Å². The van der Waals surface area contributed by atoms with Gasteiger partial charge in [0.2, 0.25) is 11.8 Å². The summed E-state index contributed by atoms with van der Waals surface area (Å²) in [5.41, 5.74) is 5.35. The molecule has 2 aliphatic heterocycles. The predicted octanol–water partition coefficient (Wildman–Crippen LogP) is 7.08. The normalized spacial score (nSPS) is 27.2. The number of methoxy groups -OCH3 is 2. The van der Waals surface area contributed by atoms with Crippen molar-refractivity contribution in [3.05, 3.63) is 77.8 Å². The molecule has 2 aromatic heterocycles. The van der Waals surface area contributed by atoms with Gasteiger partial charge in [-0.3, -0.25) is 9.59 Å². The fourth-order valence-electron chi connectivity index (χ4n) is 9.79. The van der Waals surface area contributed by atoms with Crippen LogP contribution in [0.1, 0.15) is 124 Å². The zero-order chi connectivity index (χ0) is 40.2. The average molecular weight is 793 g/mol. The lowest BCUT2D eigenvalue weighted by Crippen LogP contribution is -2.42. The van der Waals surface area contributed by atoms with Crippen molar-refractivity contribution < 1.29 is 28.7 Å². The number of aromatic nitrogens is 4. The van der Waals surface area contributed by atoms with Gasteiger partial charge in [-0.15, -0.1) is 0 Å². The summed E-state index contributed by atoms with van der Waals surface area (Å²) < 4.78 is 9.48. The lowest BCUT2D eigenvalue weighted by atomic mass is 9.85. The van der Waals surface area contributed by atoms with Gasteiger partial charge in [-0.25, -0.2) is 19.6 Å². The van der Waals surface area contributed by atoms with Gasteiger partial charge in [-0.05, 0) is 100 Å².